The number of benzene rings is 1. The van der Waals surface area contributed by atoms with Crippen molar-refractivity contribution in [2.45, 2.75) is 25.3 Å². The lowest BCUT2D eigenvalue weighted by atomic mass is 9.97. The van der Waals surface area contributed by atoms with Crippen molar-refractivity contribution in [3.05, 3.63) is 35.9 Å². The molecule has 1 aliphatic heterocycles. The minimum atomic E-state index is 0.460. The van der Waals surface area contributed by atoms with Gasteiger partial charge in [0.2, 0.25) is 0 Å². The van der Waals surface area contributed by atoms with Crippen molar-refractivity contribution in [1.29, 1.82) is 0 Å². The monoisotopic (exact) mass is 261 g/mol. The van der Waals surface area contributed by atoms with Crippen molar-refractivity contribution in [3.8, 4) is 0 Å². The van der Waals surface area contributed by atoms with Gasteiger partial charge in [0.25, 0.3) is 0 Å². The number of rotatable bonds is 5. The van der Waals surface area contributed by atoms with E-state index in [1.165, 1.54) is 25.1 Å². The minimum absolute atomic E-state index is 0.460. The molecule has 0 radical (unpaired) electrons. The largest absolute Gasteiger partial charge is 0.330 e. The first-order chi connectivity index (χ1) is 9.24. The molecule has 1 saturated heterocycles. The van der Waals surface area contributed by atoms with Gasteiger partial charge in [0.15, 0.2) is 0 Å². The van der Waals surface area contributed by atoms with E-state index in [1.54, 1.807) is 0 Å². The fraction of sp³-hybridized carbons (Fsp3) is 0.625. The van der Waals surface area contributed by atoms with Gasteiger partial charge in [-0.15, -0.1) is 0 Å². The third kappa shape index (κ3) is 3.78. The van der Waals surface area contributed by atoms with Crippen LogP contribution in [0.5, 0.6) is 0 Å². The summed E-state index contributed by atoms with van der Waals surface area (Å²) in [6.07, 6.45) is 1.23. The Morgan fingerprint density at radius 2 is 2.00 bits per heavy atom. The van der Waals surface area contributed by atoms with Gasteiger partial charge in [0, 0.05) is 44.7 Å². The Balaban J connectivity index is 1.96. The van der Waals surface area contributed by atoms with Gasteiger partial charge in [-0.1, -0.05) is 37.3 Å². The van der Waals surface area contributed by atoms with Gasteiger partial charge in [-0.3, -0.25) is 4.90 Å². The van der Waals surface area contributed by atoms with Crippen molar-refractivity contribution in [2.75, 3.05) is 39.8 Å². The zero-order valence-electron chi connectivity index (χ0n) is 12.3. The second-order valence-electron chi connectivity index (χ2n) is 5.65. The van der Waals surface area contributed by atoms with E-state index in [0.29, 0.717) is 12.0 Å². The summed E-state index contributed by atoms with van der Waals surface area (Å²) in [4.78, 5) is 5.06. The Kier molecular flexibility index (Phi) is 5.37. The highest BCUT2D eigenvalue weighted by molar-refractivity contribution is 5.20. The molecule has 2 atom stereocenters. The van der Waals surface area contributed by atoms with E-state index in [2.05, 4.69) is 54.1 Å². The molecule has 0 aromatic heterocycles. The van der Waals surface area contributed by atoms with Crippen LogP contribution in [0, 0.1) is 0 Å². The van der Waals surface area contributed by atoms with E-state index in [1.807, 2.05) is 0 Å². The van der Waals surface area contributed by atoms with Crippen LogP contribution in [0.3, 0.4) is 0 Å². The summed E-state index contributed by atoms with van der Waals surface area (Å²) in [7, 11) is 2.24. The van der Waals surface area contributed by atoms with Crippen LogP contribution in [0.2, 0.25) is 0 Å². The molecule has 0 saturated carbocycles. The zero-order chi connectivity index (χ0) is 13.7. The lowest BCUT2D eigenvalue weighted by molar-refractivity contribution is 0.0891. The van der Waals surface area contributed by atoms with E-state index < -0.39 is 0 Å². The highest BCUT2D eigenvalue weighted by atomic mass is 15.3. The predicted molar refractivity (Wildman–Crippen MR) is 81.4 cm³/mol. The average Bonchev–Trinajstić information content (AvgIpc) is 2.47. The van der Waals surface area contributed by atoms with Gasteiger partial charge < -0.3 is 10.6 Å². The number of likely N-dealkylation sites (N-methyl/N-ethyl adjacent to an activating group) is 1. The van der Waals surface area contributed by atoms with Crippen molar-refractivity contribution >= 4 is 0 Å². The van der Waals surface area contributed by atoms with Crippen LogP contribution in [-0.2, 0) is 0 Å². The maximum Gasteiger partial charge on any atom is 0.0218 e. The SMILES string of the molecule is CCC1CN(CC(CN)c2ccccc2)CCN1C. The molecular formula is C16H27N3. The molecule has 1 aromatic rings. The third-order valence-corrected chi connectivity index (χ3v) is 4.37. The minimum Gasteiger partial charge on any atom is -0.330 e. The molecule has 0 amide bonds. The number of nitrogens with two attached hydrogens (primary N) is 1. The summed E-state index contributed by atoms with van der Waals surface area (Å²) in [5, 5.41) is 0. The molecule has 2 N–H and O–H groups in total. The molecule has 1 heterocycles. The summed E-state index contributed by atoms with van der Waals surface area (Å²) in [6.45, 7) is 7.61. The van der Waals surface area contributed by atoms with E-state index in [0.717, 1.165) is 19.6 Å². The lowest BCUT2D eigenvalue weighted by Crippen LogP contribution is -2.52. The van der Waals surface area contributed by atoms with Crippen LogP contribution in [0.4, 0.5) is 0 Å². The lowest BCUT2D eigenvalue weighted by Gasteiger charge is -2.40. The van der Waals surface area contributed by atoms with Crippen molar-refractivity contribution in [1.82, 2.24) is 9.80 Å². The molecule has 0 bridgehead atoms. The molecule has 106 valence electrons. The molecule has 1 fully saturated rings. The van der Waals surface area contributed by atoms with E-state index in [4.69, 9.17) is 5.73 Å². The number of piperazine rings is 1. The van der Waals surface area contributed by atoms with Crippen LogP contribution in [-0.4, -0.2) is 55.6 Å². The fourth-order valence-electron chi connectivity index (χ4n) is 2.97. The molecular weight excluding hydrogens is 234 g/mol. The predicted octanol–water partition coefficient (Wildman–Crippen LogP) is 1.75. The summed E-state index contributed by atoms with van der Waals surface area (Å²) in [5.41, 5.74) is 7.35. The Labute approximate surface area is 117 Å². The first kappa shape index (κ1) is 14.5. The van der Waals surface area contributed by atoms with Crippen molar-refractivity contribution < 1.29 is 0 Å². The first-order valence-corrected chi connectivity index (χ1v) is 7.42. The van der Waals surface area contributed by atoms with Crippen molar-refractivity contribution in [3.63, 3.8) is 0 Å². The van der Waals surface area contributed by atoms with Crippen LogP contribution in [0.25, 0.3) is 0 Å². The molecule has 0 spiro atoms. The van der Waals surface area contributed by atoms with Crippen LogP contribution < -0.4 is 5.73 Å². The normalized spacial score (nSPS) is 23.4. The smallest absolute Gasteiger partial charge is 0.0218 e. The molecule has 0 aliphatic carbocycles. The number of hydrogen-bond donors (Lipinski definition) is 1. The molecule has 2 unspecified atom stereocenters. The molecule has 2 rings (SSSR count). The Morgan fingerprint density at radius 3 is 2.63 bits per heavy atom. The maximum atomic E-state index is 5.98. The van der Waals surface area contributed by atoms with Gasteiger partial charge in [-0.05, 0) is 19.0 Å². The van der Waals surface area contributed by atoms with Crippen LogP contribution >= 0.6 is 0 Å². The van der Waals surface area contributed by atoms with E-state index >= 15 is 0 Å². The Morgan fingerprint density at radius 1 is 1.26 bits per heavy atom. The topological polar surface area (TPSA) is 32.5 Å². The van der Waals surface area contributed by atoms with Gasteiger partial charge in [0.1, 0.15) is 0 Å². The molecule has 3 nitrogen and oxygen atoms in total. The van der Waals surface area contributed by atoms with Crippen LogP contribution in [0.1, 0.15) is 24.8 Å². The van der Waals surface area contributed by atoms with Gasteiger partial charge in [-0.25, -0.2) is 0 Å². The fourth-order valence-corrected chi connectivity index (χ4v) is 2.97. The summed E-state index contributed by atoms with van der Waals surface area (Å²) >= 11 is 0. The highest BCUT2D eigenvalue weighted by Gasteiger charge is 2.24. The molecule has 1 aliphatic rings. The standard InChI is InChI=1S/C16H27N3/c1-3-16-13-19(10-9-18(16)2)12-15(11-17)14-7-5-4-6-8-14/h4-8,15-16H,3,9-13,17H2,1-2H3. The first-order valence-electron chi connectivity index (χ1n) is 7.42. The molecule has 19 heavy (non-hydrogen) atoms. The summed E-state index contributed by atoms with van der Waals surface area (Å²) in [5.74, 6) is 0.460. The average molecular weight is 261 g/mol. The second-order valence-corrected chi connectivity index (χ2v) is 5.65. The summed E-state index contributed by atoms with van der Waals surface area (Å²) in [6, 6.07) is 11.4. The second kappa shape index (κ2) is 7.04. The summed E-state index contributed by atoms with van der Waals surface area (Å²) < 4.78 is 0. The Bertz CT molecular complexity index is 366. The van der Waals surface area contributed by atoms with Gasteiger partial charge in [-0.2, -0.15) is 0 Å². The van der Waals surface area contributed by atoms with E-state index in [9.17, 15) is 0 Å². The quantitative estimate of drug-likeness (QED) is 0.876. The van der Waals surface area contributed by atoms with E-state index in [-0.39, 0.29) is 0 Å². The highest BCUT2D eigenvalue weighted by Crippen LogP contribution is 2.18. The van der Waals surface area contributed by atoms with Gasteiger partial charge in [0.05, 0.1) is 0 Å². The molecule has 1 aromatic carbocycles. The molecule has 3 heteroatoms. The van der Waals surface area contributed by atoms with Gasteiger partial charge >= 0.3 is 0 Å². The van der Waals surface area contributed by atoms with Crippen molar-refractivity contribution in [2.24, 2.45) is 5.73 Å². The zero-order valence-corrected chi connectivity index (χ0v) is 12.3. The Hall–Kier alpha value is -0.900. The maximum absolute atomic E-state index is 5.98. The number of nitrogens with zero attached hydrogens (tertiary/aromatic N) is 2. The van der Waals surface area contributed by atoms with Crippen LogP contribution in [0.15, 0.2) is 30.3 Å². The third-order valence-electron chi connectivity index (χ3n) is 4.37. The number of hydrogen-bond acceptors (Lipinski definition) is 3.